The molecule has 33 heavy (non-hydrogen) atoms. The van der Waals surface area contributed by atoms with Crippen LogP contribution in [0.25, 0.3) is 17.1 Å². The standard InChI is InChI=1S/C22H21ClN6O3S/c1-13(2)20-26-27-21(32-20)24-18(30)12-33-22-28-25-19(14-7-5-4-6-8-14)29(22)15-9-10-17(31-3)16(23)11-15/h4-11,13H,12H2,1-3H3,(H,24,27,30). The molecular weight excluding hydrogens is 464 g/mol. The molecule has 0 atom stereocenters. The molecule has 0 bridgehead atoms. The van der Waals surface area contributed by atoms with Crippen molar-refractivity contribution in [2.75, 3.05) is 18.2 Å². The lowest BCUT2D eigenvalue weighted by Crippen LogP contribution is -2.15. The second-order valence-electron chi connectivity index (χ2n) is 7.26. The predicted octanol–water partition coefficient (Wildman–Crippen LogP) is 4.83. The summed E-state index contributed by atoms with van der Waals surface area (Å²) in [6, 6.07) is 15.1. The molecule has 0 aliphatic heterocycles. The Morgan fingerprint density at radius 3 is 2.61 bits per heavy atom. The third-order valence-electron chi connectivity index (χ3n) is 4.57. The number of ether oxygens (including phenoxy) is 1. The largest absolute Gasteiger partial charge is 0.495 e. The van der Waals surface area contributed by atoms with E-state index in [9.17, 15) is 4.79 Å². The molecule has 2 aromatic heterocycles. The fourth-order valence-corrected chi connectivity index (χ4v) is 3.97. The lowest BCUT2D eigenvalue weighted by atomic mass is 10.2. The summed E-state index contributed by atoms with van der Waals surface area (Å²) < 4.78 is 12.5. The Morgan fingerprint density at radius 2 is 1.94 bits per heavy atom. The van der Waals surface area contributed by atoms with Gasteiger partial charge in [-0.15, -0.1) is 15.3 Å². The average molecular weight is 485 g/mol. The van der Waals surface area contributed by atoms with Gasteiger partial charge >= 0.3 is 6.01 Å². The number of amides is 1. The summed E-state index contributed by atoms with van der Waals surface area (Å²) in [5.41, 5.74) is 1.62. The van der Waals surface area contributed by atoms with Gasteiger partial charge < -0.3 is 9.15 Å². The Hall–Kier alpha value is -3.37. The molecule has 2 heterocycles. The third-order valence-corrected chi connectivity index (χ3v) is 5.80. The molecule has 0 aliphatic carbocycles. The Morgan fingerprint density at radius 1 is 1.15 bits per heavy atom. The number of nitrogens with one attached hydrogen (secondary N) is 1. The Labute approximate surface area is 199 Å². The van der Waals surface area contributed by atoms with Gasteiger partial charge in [0.2, 0.25) is 11.8 Å². The van der Waals surface area contributed by atoms with Gasteiger partial charge in [0.1, 0.15) is 5.75 Å². The lowest BCUT2D eigenvalue weighted by Gasteiger charge is -2.12. The normalized spacial score (nSPS) is 11.1. The van der Waals surface area contributed by atoms with Gasteiger partial charge in [-0.1, -0.05) is 72.6 Å². The van der Waals surface area contributed by atoms with Crippen LogP contribution in [0.3, 0.4) is 0 Å². The number of carbonyl (C=O) groups excluding carboxylic acids is 1. The van der Waals surface area contributed by atoms with Crippen LogP contribution in [0.4, 0.5) is 6.01 Å². The summed E-state index contributed by atoms with van der Waals surface area (Å²) in [7, 11) is 1.56. The number of carbonyl (C=O) groups is 1. The van der Waals surface area contributed by atoms with E-state index in [-0.39, 0.29) is 23.6 Å². The number of methoxy groups -OCH3 is 1. The fourth-order valence-electron chi connectivity index (χ4n) is 2.97. The van der Waals surface area contributed by atoms with Crippen molar-refractivity contribution in [2.45, 2.75) is 24.9 Å². The molecule has 2 aromatic carbocycles. The topological polar surface area (TPSA) is 108 Å². The van der Waals surface area contributed by atoms with Crippen molar-refractivity contribution >= 4 is 35.3 Å². The molecule has 4 rings (SSSR count). The molecule has 11 heteroatoms. The number of aromatic nitrogens is 5. The second-order valence-corrected chi connectivity index (χ2v) is 8.61. The number of nitrogens with zero attached hydrogens (tertiary/aromatic N) is 5. The van der Waals surface area contributed by atoms with Gasteiger partial charge in [0.25, 0.3) is 0 Å². The molecule has 1 N–H and O–H groups in total. The number of anilines is 1. The van der Waals surface area contributed by atoms with Gasteiger partial charge in [-0.2, -0.15) is 0 Å². The summed E-state index contributed by atoms with van der Waals surface area (Å²) in [5, 5.41) is 20.0. The molecule has 0 fully saturated rings. The van der Waals surface area contributed by atoms with E-state index in [0.717, 1.165) is 11.3 Å². The quantitative estimate of drug-likeness (QED) is 0.354. The summed E-state index contributed by atoms with van der Waals surface area (Å²) in [6.07, 6.45) is 0. The van der Waals surface area contributed by atoms with Crippen molar-refractivity contribution in [1.29, 1.82) is 0 Å². The van der Waals surface area contributed by atoms with Crippen molar-refractivity contribution in [3.05, 3.63) is 59.4 Å². The van der Waals surface area contributed by atoms with Crippen LogP contribution in [0.15, 0.2) is 58.1 Å². The molecule has 4 aromatic rings. The van der Waals surface area contributed by atoms with Crippen LogP contribution in [-0.2, 0) is 4.79 Å². The first-order valence-electron chi connectivity index (χ1n) is 10.1. The van der Waals surface area contributed by atoms with E-state index in [1.165, 1.54) is 11.8 Å². The maximum atomic E-state index is 12.5. The van der Waals surface area contributed by atoms with Crippen molar-refractivity contribution in [3.8, 4) is 22.8 Å². The molecule has 0 saturated heterocycles. The van der Waals surface area contributed by atoms with Crippen molar-refractivity contribution in [1.82, 2.24) is 25.0 Å². The van der Waals surface area contributed by atoms with Crippen LogP contribution < -0.4 is 10.1 Å². The van der Waals surface area contributed by atoms with Crippen molar-refractivity contribution in [2.24, 2.45) is 0 Å². The van der Waals surface area contributed by atoms with Gasteiger partial charge in [0, 0.05) is 11.5 Å². The highest BCUT2D eigenvalue weighted by Gasteiger charge is 2.19. The first-order valence-corrected chi connectivity index (χ1v) is 11.4. The monoisotopic (exact) mass is 484 g/mol. The van der Waals surface area contributed by atoms with E-state index in [1.54, 1.807) is 19.2 Å². The Kier molecular flexibility index (Phi) is 6.95. The zero-order valence-corrected chi connectivity index (χ0v) is 19.7. The number of hydrogen-bond acceptors (Lipinski definition) is 8. The van der Waals surface area contributed by atoms with Crippen LogP contribution in [0.5, 0.6) is 5.75 Å². The lowest BCUT2D eigenvalue weighted by molar-refractivity contribution is -0.113. The smallest absolute Gasteiger partial charge is 0.322 e. The molecule has 0 spiro atoms. The van der Waals surface area contributed by atoms with Crippen LogP contribution in [0.2, 0.25) is 5.02 Å². The number of rotatable bonds is 8. The highest BCUT2D eigenvalue weighted by Crippen LogP contribution is 2.32. The third kappa shape index (κ3) is 5.18. The van der Waals surface area contributed by atoms with E-state index >= 15 is 0 Å². The highest BCUT2D eigenvalue weighted by atomic mass is 35.5. The van der Waals surface area contributed by atoms with Gasteiger partial charge in [-0.3, -0.25) is 14.7 Å². The van der Waals surface area contributed by atoms with Crippen LogP contribution in [0.1, 0.15) is 25.7 Å². The van der Waals surface area contributed by atoms with Gasteiger partial charge in [-0.05, 0) is 18.2 Å². The molecule has 1 amide bonds. The van der Waals surface area contributed by atoms with Crippen LogP contribution in [0, 0.1) is 0 Å². The predicted molar refractivity (Wildman–Crippen MR) is 126 cm³/mol. The Bertz CT molecular complexity index is 1260. The maximum Gasteiger partial charge on any atom is 0.322 e. The maximum absolute atomic E-state index is 12.5. The molecule has 0 aliphatic rings. The summed E-state index contributed by atoms with van der Waals surface area (Å²) in [5.74, 6) is 1.48. The first kappa shape index (κ1) is 22.8. The average Bonchev–Trinajstić information content (AvgIpc) is 3.45. The Balaban J connectivity index is 1.59. The number of halogens is 1. The zero-order valence-electron chi connectivity index (χ0n) is 18.2. The molecule has 0 saturated carbocycles. The molecule has 0 radical (unpaired) electrons. The minimum absolute atomic E-state index is 0.0657. The van der Waals surface area contributed by atoms with Crippen LogP contribution >= 0.6 is 23.4 Å². The minimum Gasteiger partial charge on any atom is -0.495 e. The van der Waals surface area contributed by atoms with Gasteiger partial charge in [0.05, 0.1) is 23.6 Å². The zero-order chi connectivity index (χ0) is 23.4. The van der Waals surface area contributed by atoms with Gasteiger partial charge in [0.15, 0.2) is 11.0 Å². The molecule has 9 nitrogen and oxygen atoms in total. The van der Waals surface area contributed by atoms with E-state index in [1.807, 2.05) is 54.8 Å². The van der Waals surface area contributed by atoms with Crippen molar-refractivity contribution < 1.29 is 13.9 Å². The summed E-state index contributed by atoms with van der Waals surface area (Å²) >= 11 is 7.59. The van der Waals surface area contributed by atoms with E-state index in [0.29, 0.717) is 27.6 Å². The molecular formula is C22H21ClN6O3S. The van der Waals surface area contributed by atoms with Gasteiger partial charge in [-0.25, -0.2) is 0 Å². The fraction of sp³-hybridized carbons (Fsp3) is 0.227. The number of hydrogen-bond donors (Lipinski definition) is 1. The number of benzene rings is 2. The second kappa shape index (κ2) is 10.1. The number of thioether (sulfide) groups is 1. The highest BCUT2D eigenvalue weighted by molar-refractivity contribution is 7.99. The molecule has 0 unspecified atom stereocenters. The molecule has 170 valence electrons. The van der Waals surface area contributed by atoms with E-state index < -0.39 is 0 Å². The first-order chi connectivity index (χ1) is 16.0. The van der Waals surface area contributed by atoms with E-state index in [2.05, 4.69) is 25.7 Å². The van der Waals surface area contributed by atoms with E-state index in [4.69, 9.17) is 20.8 Å². The summed E-state index contributed by atoms with van der Waals surface area (Å²) in [6.45, 7) is 3.86. The van der Waals surface area contributed by atoms with Crippen molar-refractivity contribution in [3.63, 3.8) is 0 Å². The minimum atomic E-state index is -0.303. The van der Waals surface area contributed by atoms with Crippen LogP contribution in [-0.4, -0.2) is 43.7 Å². The summed E-state index contributed by atoms with van der Waals surface area (Å²) in [4.78, 5) is 12.5. The SMILES string of the molecule is COc1ccc(-n2c(SCC(=O)Nc3nnc(C(C)C)o3)nnc2-c2ccccc2)cc1Cl.